The Hall–Kier alpha value is -1.66. The van der Waals surface area contributed by atoms with Gasteiger partial charge in [0.2, 0.25) is 0 Å². The van der Waals surface area contributed by atoms with E-state index in [2.05, 4.69) is 27.1 Å². The van der Waals surface area contributed by atoms with Gasteiger partial charge in [-0.25, -0.2) is 9.97 Å². The van der Waals surface area contributed by atoms with Crippen molar-refractivity contribution >= 4 is 34.7 Å². The van der Waals surface area contributed by atoms with Crippen molar-refractivity contribution in [3.63, 3.8) is 0 Å². The summed E-state index contributed by atoms with van der Waals surface area (Å²) in [6.45, 7) is 3.84. The van der Waals surface area contributed by atoms with Crippen LogP contribution >= 0.6 is 22.9 Å². The fourth-order valence-electron chi connectivity index (χ4n) is 2.71. The molecular weight excluding hydrogens is 332 g/mol. The van der Waals surface area contributed by atoms with Crippen molar-refractivity contribution < 1.29 is 4.79 Å². The van der Waals surface area contributed by atoms with Crippen molar-refractivity contribution in [2.45, 2.75) is 32.2 Å². The zero-order valence-electron chi connectivity index (χ0n) is 13.0. The van der Waals surface area contributed by atoms with Crippen LogP contribution in [0.3, 0.4) is 0 Å². The average molecular weight is 351 g/mol. The van der Waals surface area contributed by atoms with E-state index in [0.29, 0.717) is 9.90 Å². The van der Waals surface area contributed by atoms with E-state index in [0.717, 1.165) is 43.9 Å². The van der Waals surface area contributed by atoms with Gasteiger partial charge in [0.25, 0.3) is 5.91 Å². The molecule has 0 bridgehead atoms. The normalized spacial score (nSPS) is 15.7. The third kappa shape index (κ3) is 3.82. The van der Waals surface area contributed by atoms with Gasteiger partial charge in [-0.15, -0.1) is 11.3 Å². The lowest BCUT2D eigenvalue weighted by Gasteiger charge is -2.33. The summed E-state index contributed by atoms with van der Waals surface area (Å²) >= 11 is 7.39. The van der Waals surface area contributed by atoms with Crippen LogP contribution in [0.2, 0.25) is 5.02 Å². The Kier molecular flexibility index (Phi) is 5.13. The number of anilines is 1. The van der Waals surface area contributed by atoms with Gasteiger partial charge >= 0.3 is 0 Å². The highest BCUT2D eigenvalue weighted by atomic mass is 35.5. The first-order valence-corrected chi connectivity index (χ1v) is 9.03. The maximum Gasteiger partial charge on any atom is 0.263 e. The summed E-state index contributed by atoms with van der Waals surface area (Å²) in [6.07, 6.45) is 4.34. The molecule has 0 saturated carbocycles. The molecule has 1 fully saturated rings. The fraction of sp³-hybridized carbons (Fsp3) is 0.438. The number of hydrogen-bond acceptors (Lipinski definition) is 5. The summed E-state index contributed by atoms with van der Waals surface area (Å²) in [5.41, 5.74) is 1.05. The molecule has 1 N–H and O–H groups in total. The minimum atomic E-state index is -0.0706. The summed E-state index contributed by atoms with van der Waals surface area (Å²) in [6, 6.07) is 3.98. The number of piperidine rings is 1. The van der Waals surface area contributed by atoms with E-state index in [9.17, 15) is 4.79 Å². The van der Waals surface area contributed by atoms with E-state index in [4.69, 9.17) is 11.6 Å². The smallest absolute Gasteiger partial charge is 0.263 e. The number of carbonyl (C=O) groups is 1. The predicted octanol–water partition coefficient (Wildman–Crippen LogP) is 3.15. The second kappa shape index (κ2) is 7.27. The summed E-state index contributed by atoms with van der Waals surface area (Å²) in [5, 5.41) is 5.44. The van der Waals surface area contributed by atoms with E-state index in [1.165, 1.54) is 11.3 Å². The highest BCUT2D eigenvalue weighted by Gasteiger charge is 2.23. The molecule has 0 aliphatic carbocycles. The zero-order valence-corrected chi connectivity index (χ0v) is 14.5. The van der Waals surface area contributed by atoms with E-state index >= 15 is 0 Å². The molecule has 0 unspecified atom stereocenters. The van der Waals surface area contributed by atoms with Crippen molar-refractivity contribution in [1.82, 2.24) is 15.3 Å². The van der Waals surface area contributed by atoms with Gasteiger partial charge in [-0.05, 0) is 30.7 Å². The molecule has 1 saturated heterocycles. The second-order valence-electron chi connectivity index (χ2n) is 5.55. The predicted molar refractivity (Wildman–Crippen MR) is 93.4 cm³/mol. The number of aryl methyl sites for hydroxylation is 1. The van der Waals surface area contributed by atoms with E-state index in [1.807, 2.05) is 11.4 Å². The van der Waals surface area contributed by atoms with Crippen molar-refractivity contribution in [2.24, 2.45) is 0 Å². The lowest BCUT2D eigenvalue weighted by atomic mass is 10.0. The van der Waals surface area contributed by atoms with Crippen LogP contribution in [0.4, 0.5) is 5.82 Å². The quantitative estimate of drug-likeness (QED) is 0.920. The lowest BCUT2D eigenvalue weighted by molar-refractivity contribution is 0.0935. The highest BCUT2D eigenvalue weighted by Crippen LogP contribution is 2.23. The third-order valence-corrected chi connectivity index (χ3v) is 5.39. The molecule has 0 aromatic carbocycles. The Labute approximate surface area is 144 Å². The van der Waals surface area contributed by atoms with Crippen molar-refractivity contribution in [2.75, 3.05) is 18.0 Å². The average Bonchev–Trinajstić information content (AvgIpc) is 3.02. The van der Waals surface area contributed by atoms with Gasteiger partial charge in [-0.2, -0.15) is 0 Å². The van der Waals surface area contributed by atoms with Crippen molar-refractivity contribution in [3.05, 3.63) is 39.4 Å². The SMILES string of the molecule is CCc1cc(N2CCC(NC(=O)c3sccc3Cl)CC2)ncn1. The minimum absolute atomic E-state index is 0.0706. The van der Waals surface area contributed by atoms with Gasteiger partial charge in [-0.3, -0.25) is 4.79 Å². The molecule has 2 aromatic heterocycles. The highest BCUT2D eigenvalue weighted by molar-refractivity contribution is 7.12. The molecule has 1 aliphatic heterocycles. The van der Waals surface area contributed by atoms with Gasteiger partial charge < -0.3 is 10.2 Å². The molecule has 0 radical (unpaired) electrons. The summed E-state index contributed by atoms with van der Waals surface area (Å²) < 4.78 is 0. The standard InChI is InChI=1S/C16H19ClN4OS/c1-2-11-9-14(19-10-18-11)21-6-3-12(4-7-21)20-16(22)15-13(17)5-8-23-15/h5,8-10,12H,2-4,6-7H2,1H3,(H,20,22). The van der Waals surface area contributed by atoms with E-state index in [-0.39, 0.29) is 11.9 Å². The number of thiophene rings is 1. The zero-order chi connectivity index (χ0) is 16.2. The molecule has 3 rings (SSSR count). The molecular formula is C16H19ClN4OS. The van der Waals surface area contributed by atoms with Gasteiger partial charge in [0.1, 0.15) is 17.0 Å². The number of carbonyl (C=O) groups excluding carboxylic acids is 1. The Morgan fingerprint density at radius 1 is 1.43 bits per heavy atom. The van der Waals surface area contributed by atoms with Gasteiger partial charge in [-0.1, -0.05) is 18.5 Å². The number of nitrogens with zero attached hydrogens (tertiary/aromatic N) is 3. The topological polar surface area (TPSA) is 58.1 Å². The minimum Gasteiger partial charge on any atom is -0.356 e. The maximum absolute atomic E-state index is 12.2. The first-order chi connectivity index (χ1) is 11.2. The van der Waals surface area contributed by atoms with Crippen LogP contribution in [0.25, 0.3) is 0 Å². The van der Waals surface area contributed by atoms with Crippen LogP contribution in [0.15, 0.2) is 23.8 Å². The second-order valence-corrected chi connectivity index (χ2v) is 6.88. The summed E-state index contributed by atoms with van der Waals surface area (Å²) in [4.78, 5) is 23.7. The molecule has 0 atom stereocenters. The number of halogens is 1. The van der Waals surface area contributed by atoms with Crippen LogP contribution in [-0.2, 0) is 6.42 Å². The Balaban J connectivity index is 1.56. The number of nitrogens with one attached hydrogen (secondary N) is 1. The first-order valence-electron chi connectivity index (χ1n) is 7.77. The molecule has 1 amide bonds. The molecule has 23 heavy (non-hydrogen) atoms. The lowest BCUT2D eigenvalue weighted by Crippen LogP contribution is -2.44. The molecule has 7 heteroatoms. The van der Waals surface area contributed by atoms with Crippen LogP contribution in [0.1, 0.15) is 35.1 Å². The Morgan fingerprint density at radius 3 is 2.87 bits per heavy atom. The largest absolute Gasteiger partial charge is 0.356 e. The molecule has 1 aliphatic rings. The molecule has 2 aromatic rings. The number of rotatable bonds is 4. The van der Waals surface area contributed by atoms with E-state index < -0.39 is 0 Å². The van der Waals surface area contributed by atoms with Crippen LogP contribution in [0.5, 0.6) is 0 Å². The van der Waals surface area contributed by atoms with Gasteiger partial charge in [0.05, 0.1) is 5.02 Å². The van der Waals surface area contributed by atoms with Crippen molar-refractivity contribution in [1.29, 1.82) is 0 Å². The third-order valence-electron chi connectivity index (χ3n) is 4.05. The Morgan fingerprint density at radius 2 is 2.22 bits per heavy atom. The molecule has 3 heterocycles. The molecule has 122 valence electrons. The number of amides is 1. The van der Waals surface area contributed by atoms with Crippen molar-refractivity contribution in [3.8, 4) is 0 Å². The van der Waals surface area contributed by atoms with Gasteiger partial charge in [0.15, 0.2) is 0 Å². The summed E-state index contributed by atoms with van der Waals surface area (Å²) in [7, 11) is 0. The number of hydrogen-bond donors (Lipinski definition) is 1. The first kappa shape index (κ1) is 16.2. The maximum atomic E-state index is 12.2. The van der Waals surface area contributed by atoms with Crippen LogP contribution < -0.4 is 10.2 Å². The van der Waals surface area contributed by atoms with E-state index in [1.54, 1.807) is 12.4 Å². The van der Waals surface area contributed by atoms with Gasteiger partial charge in [0, 0.05) is 30.9 Å². The summed E-state index contributed by atoms with van der Waals surface area (Å²) in [5.74, 6) is 0.904. The molecule has 0 spiro atoms. The Bertz CT molecular complexity index is 682. The van der Waals surface area contributed by atoms with Crippen LogP contribution in [-0.4, -0.2) is 35.0 Å². The monoisotopic (exact) mass is 350 g/mol. The fourth-order valence-corrected chi connectivity index (χ4v) is 3.76. The molecule has 5 nitrogen and oxygen atoms in total. The number of aromatic nitrogens is 2. The van der Waals surface area contributed by atoms with Crippen LogP contribution in [0, 0.1) is 0 Å².